The Morgan fingerprint density at radius 2 is 1.36 bits per heavy atom. The summed E-state index contributed by atoms with van der Waals surface area (Å²) in [6, 6.07) is 22.7. The van der Waals surface area contributed by atoms with Gasteiger partial charge in [0.25, 0.3) is 5.91 Å². The maximum absolute atomic E-state index is 14.9. The lowest BCUT2D eigenvalue weighted by Gasteiger charge is -2.41. The van der Waals surface area contributed by atoms with Gasteiger partial charge < -0.3 is 14.5 Å². The smallest absolute Gasteiger partial charge is 0.416 e. The first-order valence-electron chi connectivity index (χ1n) is 15.2. The molecule has 0 bridgehead atoms. The van der Waals surface area contributed by atoms with Crippen molar-refractivity contribution in [2.75, 3.05) is 37.7 Å². The van der Waals surface area contributed by atoms with Crippen LogP contribution in [0.3, 0.4) is 0 Å². The molecular formula is C35H32Cl2F4N4O2. The molecule has 2 saturated heterocycles. The highest BCUT2D eigenvalue weighted by Crippen LogP contribution is 2.46. The van der Waals surface area contributed by atoms with Gasteiger partial charge in [-0.25, -0.2) is 4.39 Å². The van der Waals surface area contributed by atoms with E-state index < -0.39 is 29.5 Å². The third-order valence-electron chi connectivity index (χ3n) is 8.63. The molecule has 0 spiro atoms. The molecule has 0 aliphatic carbocycles. The summed E-state index contributed by atoms with van der Waals surface area (Å²) >= 11 is 12.4. The number of rotatable bonds is 7. The molecule has 2 N–H and O–H groups in total. The average Bonchev–Trinajstić information content (AvgIpc) is 3.47. The molecule has 2 fully saturated rings. The van der Waals surface area contributed by atoms with Crippen molar-refractivity contribution in [2.45, 2.75) is 30.8 Å². The fraction of sp³-hybridized carbons (Fsp3) is 0.286. The summed E-state index contributed by atoms with van der Waals surface area (Å²) in [7, 11) is 0. The first-order chi connectivity index (χ1) is 22.5. The van der Waals surface area contributed by atoms with E-state index in [1.165, 1.54) is 18.2 Å². The predicted molar refractivity (Wildman–Crippen MR) is 174 cm³/mol. The van der Waals surface area contributed by atoms with E-state index in [4.69, 9.17) is 27.9 Å². The second kappa shape index (κ2) is 13.4. The highest BCUT2D eigenvalue weighted by molar-refractivity contribution is 6.30. The first-order valence-corrected chi connectivity index (χ1v) is 15.9. The largest absolute Gasteiger partial charge is 0.493 e. The van der Waals surface area contributed by atoms with Crippen LogP contribution >= 0.6 is 23.2 Å². The zero-order valence-electron chi connectivity index (χ0n) is 25.3. The summed E-state index contributed by atoms with van der Waals surface area (Å²) in [5.74, 6) is -0.769. The zero-order valence-corrected chi connectivity index (χ0v) is 26.8. The summed E-state index contributed by atoms with van der Waals surface area (Å²) in [6.45, 7) is 3.35. The molecule has 246 valence electrons. The molecule has 0 aromatic heterocycles. The Balaban J connectivity index is 1.44. The zero-order chi connectivity index (χ0) is 33.3. The number of amides is 1. The summed E-state index contributed by atoms with van der Waals surface area (Å²) < 4.78 is 61.0. The highest BCUT2D eigenvalue weighted by atomic mass is 35.5. The Hall–Kier alpha value is -3.83. The molecule has 2 heterocycles. The summed E-state index contributed by atoms with van der Waals surface area (Å²) in [4.78, 5) is 18.7. The second-order valence-electron chi connectivity index (χ2n) is 11.5. The van der Waals surface area contributed by atoms with E-state index in [9.17, 15) is 22.4 Å². The van der Waals surface area contributed by atoms with Crippen LogP contribution in [-0.4, -0.2) is 43.6 Å². The van der Waals surface area contributed by atoms with Gasteiger partial charge in [0, 0.05) is 47.5 Å². The SMILES string of the molecule is CCOc1cc(C(F)(F)F)ccc1C1(C(=O)N2CCN(c3ccc(F)cc3)CC2)NC(c2ccc(Cl)cc2)C(c2ccc(Cl)cc2)N1. The monoisotopic (exact) mass is 686 g/mol. The second-order valence-corrected chi connectivity index (χ2v) is 12.4. The van der Waals surface area contributed by atoms with Gasteiger partial charge in [0.05, 0.1) is 24.3 Å². The van der Waals surface area contributed by atoms with Gasteiger partial charge in [-0.1, -0.05) is 53.5 Å². The Kier molecular flexibility index (Phi) is 9.40. The Morgan fingerprint density at radius 1 is 0.830 bits per heavy atom. The topological polar surface area (TPSA) is 56.8 Å². The molecule has 2 unspecified atom stereocenters. The van der Waals surface area contributed by atoms with Crippen molar-refractivity contribution in [3.63, 3.8) is 0 Å². The molecule has 2 aliphatic rings. The van der Waals surface area contributed by atoms with E-state index in [-0.39, 0.29) is 29.6 Å². The molecule has 4 aromatic rings. The van der Waals surface area contributed by atoms with Crippen LogP contribution in [0.4, 0.5) is 23.2 Å². The van der Waals surface area contributed by atoms with E-state index in [2.05, 4.69) is 15.5 Å². The molecule has 47 heavy (non-hydrogen) atoms. The van der Waals surface area contributed by atoms with Crippen LogP contribution in [0.2, 0.25) is 10.0 Å². The van der Waals surface area contributed by atoms with Gasteiger partial charge in [0.1, 0.15) is 11.6 Å². The van der Waals surface area contributed by atoms with Crippen molar-refractivity contribution in [3.05, 3.63) is 129 Å². The lowest BCUT2D eigenvalue weighted by Crippen LogP contribution is -2.62. The van der Waals surface area contributed by atoms with Gasteiger partial charge in [0.15, 0.2) is 5.66 Å². The maximum Gasteiger partial charge on any atom is 0.416 e. The number of hydrogen-bond donors (Lipinski definition) is 2. The fourth-order valence-corrected chi connectivity index (χ4v) is 6.55. The van der Waals surface area contributed by atoms with Crippen LogP contribution < -0.4 is 20.3 Å². The minimum atomic E-state index is -4.62. The number of alkyl halides is 3. The van der Waals surface area contributed by atoms with Crippen molar-refractivity contribution in [3.8, 4) is 5.75 Å². The number of carbonyl (C=O) groups is 1. The van der Waals surface area contributed by atoms with E-state index in [1.54, 1.807) is 48.2 Å². The summed E-state index contributed by atoms with van der Waals surface area (Å²) in [5.41, 5.74) is 0.0965. The van der Waals surface area contributed by atoms with Gasteiger partial charge in [0.2, 0.25) is 0 Å². The van der Waals surface area contributed by atoms with Gasteiger partial charge in [-0.15, -0.1) is 0 Å². The number of nitrogens with one attached hydrogen (secondary N) is 2. The Morgan fingerprint density at radius 3 is 1.85 bits per heavy atom. The summed E-state index contributed by atoms with van der Waals surface area (Å²) in [5, 5.41) is 8.12. The number of ether oxygens (including phenoxy) is 1. The minimum absolute atomic E-state index is 0.0627. The predicted octanol–water partition coefficient (Wildman–Crippen LogP) is 7.73. The highest BCUT2D eigenvalue weighted by Gasteiger charge is 2.55. The third-order valence-corrected chi connectivity index (χ3v) is 9.13. The number of anilines is 1. The van der Waals surface area contributed by atoms with Crippen LogP contribution in [0, 0.1) is 5.82 Å². The number of benzene rings is 4. The molecule has 1 amide bonds. The maximum atomic E-state index is 14.9. The quantitative estimate of drug-likeness (QED) is 0.195. The minimum Gasteiger partial charge on any atom is -0.493 e. The molecule has 0 saturated carbocycles. The molecule has 6 nitrogen and oxygen atoms in total. The third kappa shape index (κ3) is 6.78. The fourth-order valence-electron chi connectivity index (χ4n) is 6.30. The van der Waals surface area contributed by atoms with Gasteiger partial charge in [-0.3, -0.25) is 15.4 Å². The van der Waals surface area contributed by atoms with E-state index >= 15 is 0 Å². The number of piperazine rings is 1. The Labute approximate surface area is 280 Å². The van der Waals surface area contributed by atoms with Crippen molar-refractivity contribution in [1.82, 2.24) is 15.5 Å². The standard InChI is InChI=1S/C35H32Cl2F4N4O2/c1-2-47-30-21-24(35(39,40)41)7-16-29(30)34(33(46)45-19-17-44(18-20-45)28-14-12-27(38)13-15-28)42-31(22-3-8-25(36)9-4-22)32(43-34)23-5-10-26(37)11-6-23/h3-16,21,31-32,42-43H,2,17-20H2,1H3. The van der Waals surface area contributed by atoms with Crippen LogP contribution in [0.1, 0.15) is 41.3 Å². The van der Waals surface area contributed by atoms with Crippen LogP contribution in [0.15, 0.2) is 91.0 Å². The van der Waals surface area contributed by atoms with Gasteiger partial charge >= 0.3 is 6.18 Å². The molecule has 4 aromatic carbocycles. The van der Waals surface area contributed by atoms with Crippen molar-refractivity contribution < 1.29 is 27.1 Å². The van der Waals surface area contributed by atoms with Crippen LogP contribution in [-0.2, 0) is 16.6 Å². The van der Waals surface area contributed by atoms with E-state index in [0.717, 1.165) is 28.9 Å². The van der Waals surface area contributed by atoms with Crippen molar-refractivity contribution in [2.24, 2.45) is 0 Å². The Bertz CT molecular complexity index is 1660. The molecule has 2 atom stereocenters. The lowest BCUT2D eigenvalue weighted by molar-refractivity contribution is -0.140. The number of carbonyl (C=O) groups excluding carboxylic acids is 1. The van der Waals surface area contributed by atoms with Gasteiger partial charge in [-0.05, 0) is 78.7 Å². The molecule has 12 heteroatoms. The van der Waals surface area contributed by atoms with E-state index in [1.807, 2.05) is 24.3 Å². The van der Waals surface area contributed by atoms with E-state index in [0.29, 0.717) is 36.2 Å². The molecular weight excluding hydrogens is 655 g/mol. The normalized spacial score (nSPS) is 21.6. The number of nitrogens with zero attached hydrogens (tertiary/aromatic N) is 2. The average molecular weight is 688 g/mol. The summed E-state index contributed by atoms with van der Waals surface area (Å²) in [6.07, 6.45) is -4.62. The van der Waals surface area contributed by atoms with Crippen molar-refractivity contribution >= 4 is 34.8 Å². The van der Waals surface area contributed by atoms with Crippen LogP contribution in [0.5, 0.6) is 5.75 Å². The number of hydrogen-bond acceptors (Lipinski definition) is 5. The number of halogens is 6. The molecule has 0 radical (unpaired) electrons. The lowest BCUT2D eigenvalue weighted by atomic mass is 9.94. The van der Waals surface area contributed by atoms with Gasteiger partial charge in [-0.2, -0.15) is 13.2 Å². The molecule has 2 aliphatic heterocycles. The van der Waals surface area contributed by atoms with Crippen LogP contribution in [0.25, 0.3) is 0 Å². The van der Waals surface area contributed by atoms with Crippen molar-refractivity contribution in [1.29, 1.82) is 0 Å². The first kappa shape index (κ1) is 33.1. The molecule has 6 rings (SSSR count).